The zero-order chi connectivity index (χ0) is 20.4. The molecule has 0 unspecified atom stereocenters. The Bertz CT molecular complexity index is 767. The van der Waals surface area contributed by atoms with Crippen LogP contribution in [0.3, 0.4) is 0 Å². The number of rotatable bonds is 5. The first-order chi connectivity index (χ1) is 14.0. The zero-order valence-electron chi connectivity index (χ0n) is 17.5. The lowest BCUT2D eigenvalue weighted by Crippen LogP contribution is -2.43. The molecule has 1 spiro atoms. The lowest BCUT2D eigenvalue weighted by atomic mass is 9.75. The van der Waals surface area contributed by atoms with Crippen molar-refractivity contribution >= 4 is 11.9 Å². The second-order valence-corrected chi connectivity index (χ2v) is 8.57. The van der Waals surface area contributed by atoms with Gasteiger partial charge in [-0.2, -0.15) is 0 Å². The van der Waals surface area contributed by atoms with E-state index in [1.54, 1.807) is 6.07 Å². The second kappa shape index (κ2) is 8.30. The van der Waals surface area contributed by atoms with Crippen molar-refractivity contribution < 1.29 is 19.1 Å². The van der Waals surface area contributed by atoms with Crippen LogP contribution in [0.25, 0.3) is 0 Å². The molecule has 1 amide bonds. The maximum Gasteiger partial charge on any atom is 0.358 e. The smallest absolute Gasteiger partial charge is 0.358 e. The molecule has 3 heterocycles. The number of piperidine rings is 1. The topological polar surface area (TPSA) is 72.0 Å². The van der Waals surface area contributed by atoms with Crippen molar-refractivity contribution in [2.75, 3.05) is 40.3 Å². The van der Waals surface area contributed by atoms with E-state index in [0.717, 1.165) is 44.6 Å². The number of pyridine rings is 1. The molecule has 1 saturated heterocycles. The highest BCUT2D eigenvalue weighted by Gasteiger charge is 2.49. The third kappa shape index (κ3) is 3.97. The Morgan fingerprint density at radius 3 is 2.69 bits per heavy atom. The number of carbonyl (C=O) groups is 2. The van der Waals surface area contributed by atoms with Crippen LogP contribution in [0.1, 0.15) is 61.0 Å². The van der Waals surface area contributed by atoms with Crippen LogP contribution >= 0.6 is 0 Å². The van der Waals surface area contributed by atoms with Crippen LogP contribution in [-0.4, -0.2) is 67.0 Å². The molecule has 7 heteroatoms. The third-order valence-corrected chi connectivity index (χ3v) is 6.77. The number of ether oxygens (including phenoxy) is 2. The summed E-state index contributed by atoms with van der Waals surface area (Å²) in [4.78, 5) is 33.9. The number of hydrogen-bond donors (Lipinski definition) is 0. The molecule has 29 heavy (non-hydrogen) atoms. The normalized spacial score (nSPS) is 26.8. The second-order valence-electron chi connectivity index (χ2n) is 8.57. The van der Waals surface area contributed by atoms with Crippen molar-refractivity contribution in [3.8, 4) is 5.88 Å². The van der Waals surface area contributed by atoms with E-state index in [0.29, 0.717) is 24.4 Å². The maximum absolute atomic E-state index is 12.9. The predicted octanol–water partition coefficient (Wildman–Crippen LogP) is 2.59. The van der Waals surface area contributed by atoms with Crippen molar-refractivity contribution in [2.45, 2.75) is 50.5 Å². The SMILES string of the molecule is COc1ccc2c(n1)C(=O)O[C@]21CC[C@H](C(=O)N(C)CCN2CCCCC2)CC1. The largest absolute Gasteiger partial charge is 0.481 e. The molecule has 3 aliphatic rings. The molecule has 158 valence electrons. The van der Waals surface area contributed by atoms with E-state index in [9.17, 15) is 9.59 Å². The molecule has 0 aromatic carbocycles. The quantitative estimate of drug-likeness (QED) is 0.706. The highest BCUT2D eigenvalue weighted by molar-refractivity contribution is 5.93. The van der Waals surface area contributed by atoms with Crippen LogP contribution in [0.5, 0.6) is 5.88 Å². The fraction of sp³-hybridized carbons (Fsp3) is 0.682. The summed E-state index contributed by atoms with van der Waals surface area (Å²) in [5.74, 6) is 0.245. The number of carbonyl (C=O) groups excluding carboxylic acids is 2. The summed E-state index contributed by atoms with van der Waals surface area (Å²) >= 11 is 0. The van der Waals surface area contributed by atoms with Gasteiger partial charge in [0.2, 0.25) is 11.8 Å². The minimum absolute atomic E-state index is 0.000871. The van der Waals surface area contributed by atoms with Gasteiger partial charge in [0.05, 0.1) is 7.11 Å². The van der Waals surface area contributed by atoms with Crippen LogP contribution < -0.4 is 4.74 Å². The number of methoxy groups -OCH3 is 1. The summed E-state index contributed by atoms with van der Waals surface area (Å²) in [6.45, 7) is 4.04. The fourth-order valence-corrected chi connectivity index (χ4v) is 4.96. The summed E-state index contributed by atoms with van der Waals surface area (Å²) in [7, 11) is 3.45. The number of likely N-dealkylation sites (N-methyl/N-ethyl adjacent to an activating group) is 1. The molecule has 2 fully saturated rings. The summed E-state index contributed by atoms with van der Waals surface area (Å²) in [6.07, 6.45) is 6.64. The Labute approximate surface area is 172 Å². The summed E-state index contributed by atoms with van der Waals surface area (Å²) in [5, 5.41) is 0. The fourth-order valence-electron chi connectivity index (χ4n) is 4.96. The number of amides is 1. The van der Waals surface area contributed by atoms with Gasteiger partial charge in [-0.05, 0) is 57.7 Å². The van der Waals surface area contributed by atoms with Gasteiger partial charge in [0.1, 0.15) is 5.60 Å². The van der Waals surface area contributed by atoms with Gasteiger partial charge in [0.15, 0.2) is 5.69 Å². The van der Waals surface area contributed by atoms with Crippen molar-refractivity contribution in [3.05, 3.63) is 23.4 Å². The van der Waals surface area contributed by atoms with E-state index < -0.39 is 5.60 Å². The molecule has 4 rings (SSSR count). The average molecular weight is 402 g/mol. The Kier molecular flexibility index (Phi) is 5.76. The van der Waals surface area contributed by atoms with Gasteiger partial charge in [-0.25, -0.2) is 9.78 Å². The highest BCUT2D eigenvalue weighted by atomic mass is 16.6. The Morgan fingerprint density at radius 2 is 2.00 bits per heavy atom. The third-order valence-electron chi connectivity index (χ3n) is 6.77. The Balaban J connectivity index is 1.35. The van der Waals surface area contributed by atoms with Gasteiger partial charge < -0.3 is 19.3 Å². The standard InChI is InChI=1S/C22H31N3O4/c1-24(14-15-25-12-4-3-5-13-25)20(26)16-8-10-22(11-9-16)17-6-7-18(28-2)23-19(17)21(27)29-22/h6-7,16H,3-5,8-15H2,1-2H3/t16-,22-. The highest BCUT2D eigenvalue weighted by Crippen LogP contribution is 2.48. The van der Waals surface area contributed by atoms with Gasteiger partial charge in [0.25, 0.3) is 0 Å². The molecular formula is C22H31N3O4. The van der Waals surface area contributed by atoms with Gasteiger partial charge >= 0.3 is 5.97 Å². The van der Waals surface area contributed by atoms with E-state index in [-0.39, 0.29) is 17.8 Å². The Hall–Kier alpha value is -2.15. The minimum atomic E-state index is -0.630. The van der Waals surface area contributed by atoms with E-state index in [2.05, 4.69) is 9.88 Å². The lowest BCUT2D eigenvalue weighted by molar-refractivity contribution is -0.137. The van der Waals surface area contributed by atoms with Crippen molar-refractivity contribution in [2.24, 2.45) is 5.92 Å². The van der Waals surface area contributed by atoms with Crippen LogP contribution in [0.2, 0.25) is 0 Å². The molecule has 1 saturated carbocycles. The van der Waals surface area contributed by atoms with Crippen molar-refractivity contribution in [1.29, 1.82) is 0 Å². The number of aromatic nitrogens is 1. The first kappa shape index (κ1) is 20.1. The monoisotopic (exact) mass is 401 g/mol. The summed E-state index contributed by atoms with van der Waals surface area (Å²) in [6, 6.07) is 3.66. The predicted molar refractivity (Wildman–Crippen MR) is 108 cm³/mol. The summed E-state index contributed by atoms with van der Waals surface area (Å²) < 4.78 is 10.9. The molecule has 1 aromatic heterocycles. The minimum Gasteiger partial charge on any atom is -0.481 e. The van der Waals surface area contributed by atoms with Gasteiger partial charge in [-0.1, -0.05) is 6.42 Å². The lowest BCUT2D eigenvalue weighted by Gasteiger charge is -2.37. The van der Waals surface area contributed by atoms with Crippen LogP contribution in [0.4, 0.5) is 0 Å². The molecule has 0 bridgehead atoms. The average Bonchev–Trinajstić information content (AvgIpc) is 3.03. The van der Waals surface area contributed by atoms with E-state index in [1.807, 2.05) is 18.0 Å². The van der Waals surface area contributed by atoms with Gasteiger partial charge in [-0.3, -0.25) is 4.79 Å². The van der Waals surface area contributed by atoms with Crippen LogP contribution in [-0.2, 0) is 15.1 Å². The molecule has 1 aromatic rings. The van der Waals surface area contributed by atoms with Gasteiger partial charge in [0, 0.05) is 37.7 Å². The van der Waals surface area contributed by atoms with Gasteiger partial charge in [-0.15, -0.1) is 0 Å². The van der Waals surface area contributed by atoms with E-state index in [1.165, 1.54) is 26.4 Å². The molecule has 2 aliphatic heterocycles. The maximum atomic E-state index is 12.9. The van der Waals surface area contributed by atoms with E-state index >= 15 is 0 Å². The van der Waals surface area contributed by atoms with Crippen LogP contribution in [0.15, 0.2) is 12.1 Å². The molecule has 0 atom stereocenters. The number of hydrogen-bond acceptors (Lipinski definition) is 6. The van der Waals surface area contributed by atoms with E-state index in [4.69, 9.17) is 9.47 Å². The van der Waals surface area contributed by atoms with Crippen molar-refractivity contribution in [3.63, 3.8) is 0 Å². The molecule has 0 N–H and O–H groups in total. The molecule has 1 aliphatic carbocycles. The Morgan fingerprint density at radius 1 is 1.28 bits per heavy atom. The number of likely N-dealkylation sites (tertiary alicyclic amines) is 1. The first-order valence-corrected chi connectivity index (χ1v) is 10.8. The molecule has 7 nitrogen and oxygen atoms in total. The zero-order valence-corrected chi connectivity index (χ0v) is 17.5. The number of esters is 1. The summed E-state index contributed by atoms with van der Waals surface area (Å²) in [5.41, 5.74) is 0.565. The first-order valence-electron chi connectivity index (χ1n) is 10.8. The number of fused-ring (bicyclic) bond motifs is 2. The van der Waals surface area contributed by atoms with Crippen LogP contribution in [0, 0.1) is 5.92 Å². The number of nitrogens with zero attached hydrogens (tertiary/aromatic N) is 3. The molecule has 0 radical (unpaired) electrons. The van der Waals surface area contributed by atoms with Crippen molar-refractivity contribution in [1.82, 2.24) is 14.8 Å². The molecular weight excluding hydrogens is 370 g/mol.